The predicted molar refractivity (Wildman–Crippen MR) is 69.3 cm³/mol. The van der Waals surface area contributed by atoms with Gasteiger partial charge in [0.2, 0.25) is 0 Å². The maximum Gasteiger partial charge on any atom is 0.261 e. The minimum Gasteiger partial charge on any atom is -0.375 e. The first-order valence-corrected chi connectivity index (χ1v) is 6.36. The van der Waals surface area contributed by atoms with Crippen molar-refractivity contribution < 1.29 is 13.5 Å². The van der Waals surface area contributed by atoms with E-state index in [4.69, 9.17) is 16.3 Å². The lowest BCUT2D eigenvalue weighted by Gasteiger charge is -2.18. The van der Waals surface area contributed by atoms with Crippen LogP contribution in [0.3, 0.4) is 0 Å². The quantitative estimate of drug-likeness (QED) is 0.732. The summed E-state index contributed by atoms with van der Waals surface area (Å²) in [6.07, 6.45) is -1.75. The summed E-state index contributed by atoms with van der Waals surface area (Å²) in [7, 11) is 0. The molecular formula is C13H18ClF2NO. The van der Waals surface area contributed by atoms with E-state index in [9.17, 15) is 8.78 Å². The Hall–Kier alpha value is -0.710. The Labute approximate surface area is 111 Å². The molecule has 0 saturated carbocycles. The van der Waals surface area contributed by atoms with Gasteiger partial charge in [-0.15, -0.1) is 0 Å². The van der Waals surface area contributed by atoms with Gasteiger partial charge in [-0.05, 0) is 30.7 Å². The molecule has 0 aromatic heterocycles. The van der Waals surface area contributed by atoms with Gasteiger partial charge < -0.3 is 10.1 Å². The third-order valence-corrected chi connectivity index (χ3v) is 2.77. The highest BCUT2D eigenvalue weighted by Crippen LogP contribution is 2.19. The van der Waals surface area contributed by atoms with Crippen LogP contribution < -0.4 is 5.32 Å². The molecule has 0 amide bonds. The molecule has 0 fully saturated rings. The number of halogens is 3. The molecule has 1 N–H and O–H groups in total. The van der Waals surface area contributed by atoms with E-state index in [0.29, 0.717) is 18.1 Å². The normalized spacial score (nSPS) is 12.9. The summed E-state index contributed by atoms with van der Waals surface area (Å²) in [5.74, 6) is 0. The molecule has 1 rings (SSSR count). The lowest BCUT2D eigenvalue weighted by atomic mass is 10.0. The van der Waals surface area contributed by atoms with Gasteiger partial charge in [-0.1, -0.05) is 30.7 Å². The Balaban J connectivity index is 2.46. The average molecular weight is 278 g/mol. The second-order valence-corrected chi connectivity index (χ2v) is 4.35. The molecule has 0 heterocycles. The predicted octanol–water partition coefficient (Wildman–Crippen LogP) is 3.66. The zero-order valence-corrected chi connectivity index (χ0v) is 11.1. The first kappa shape index (κ1) is 15.3. The lowest BCUT2D eigenvalue weighted by Crippen LogP contribution is -2.22. The van der Waals surface area contributed by atoms with E-state index in [1.807, 2.05) is 31.2 Å². The van der Waals surface area contributed by atoms with Crippen molar-refractivity contribution in [3.05, 3.63) is 34.9 Å². The first-order valence-electron chi connectivity index (χ1n) is 5.98. The van der Waals surface area contributed by atoms with E-state index in [-0.39, 0.29) is 6.04 Å². The van der Waals surface area contributed by atoms with Gasteiger partial charge in [0.1, 0.15) is 6.61 Å². The Morgan fingerprint density at radius 1 is 1.28 bits per heavy atom. The molecule has 0 spiro atoms. The third kappa shape index (κ3) is 5.76. The molecule has 0 aliphatic rings. The van der Waals surface area contributed by atoms with Crippen LogP contribution in [0.5, 0.6) is 0 Å². The van der Waals surface area contributed by atoms with Crippen LogP contribution in [0.25, 0.3) is 0 Å². The largest absolute Gasteiger partial charge is 0.375 e. The summed E-state index contributed by atoms with van der Waals surface area (Å²) in [4.78, 5) is 0. The highest BCUT2D eigenvalue weighted by Gasteiger charge is 2.10. The van der Waals surface area contributed by atoms with E-state index < -0.39 is 13.0 Å². The molecule has 102 valence electrons. The number of nitrogens with one attached hydrogen (secondary N) is 1. The Kier molecular flexibility index (Phi) is 7.16. The topological polar surface area (TPSA) is 21.3 Å². The van der Waals surface area contributed by atoms with Crippen molar-refractivity contribution in [3.63, 3.8) is 0 Å². The summed E-state index contributed by atoms with van der Waals surface area (Å²) in [5, 5.41) is 3.98. The van der Waals surface area contributed by atoms with Gasteiger partial charge in [0.15, 0.2) is 0 Å². The molecule has 2 nitrogen and oxygen atoms in total. The van der Waals surface area contributed by atoms with Gasteiger partial charge >= 0.3 is 0 Å². The van der Waals surface area contributed by atoms with Crippen LogP contribution in [0.4, 0.5) is 8.78 Å². The van der Waals surface area contributed by atoms with E-state index in [0.717, 1.165) is 12.1 Å². The lowest BCUT2D eigenvalue weighted by molar-refractivity contribution is 0.0144. The van der Waals surface area contributed by atoms with E-state index >= 15 is 0 Å². The van der Waals surface area contributed by atoms with E-state index in [1.165, 1.54) is 0 Å². The van der Waals surface area contributed by atoms with Crippen LogP contribution in [0, 0.1) is 0 Å². The smallest absolute Gasteiger partial charge is 0.261 e. The minimum atomic E-state index is -2.40. The highest BCUT2D eigenvalue weighted by molar-refractivity contribution is 6.30. The molecule has 1 aromatic carbocycles. The molecule has 5 heteroatoms. The van der Waals surface area contributed by atoms with Crippen molar-refractivity contribution in [2.75, 3.05) is 19.8 Å². The van der Waals surface area contributed by atoms with Gasteiger partial charge in [0.05, 0.1) is 0 Å². The molecule has 0 radical (unpaired) electrons. The molecular weight excluding hydrogens is 260 g/mol. The van der Waals surface area contributed by atoms with Gasteiger partial charge in [-0.25, -0.2) is 8.78 Å². The summed E-state index contributed by atoms with van der Waals surface area (Å²) in [6.45, 7) is 2.62. The SMILES string of the molecule is CCNC(CCOCC(F)F)c1ccc(Cl)cc1. The molecule has 0 aliphatic carbocycles. The Morgan fingerprint density at radius 3 is 2.50 bits per heavy atom. The number of hydrogen-bond donors (Lipinski definition) is 1. The summed E-state index contributed by atoms with van der Waals surface area (Å²) >= 11 is 5.83. The fourth-order valence-corrected chi connectivity index (χ4v) is 1.83. The van der Waals surface area contributed by atoms with Crippen molar-refractivity contribution >= 4 is 11.6 Å². The summed E-state index contributed by atoms with van der Waals surface area (Å²) in [5.41, 5.74) is 1.09. The first-order chi connectivity index (χ1) is 8.63. The third-order valence-electron chi connectivity index (χ3n) is 2.52. The number of hydrogen-bond acceptors (Lipinski definition) is 2. The average Bonchev–Trinajstić information content (AvgIpc) is 2.34. The zero-order chi connectivity index (χ0) is 13.4. The zero-order valence-electron chi connectivity index (χ0n) is 10.3. The van der Waals surface area contributed by atoms with Crippen LogP contribution in [0.15, 0.2) is 24.3 Å². The van der Waals surface area contributed by atoms with Gasteiger partial charge in [0.25, 0.3) is 6.43 Å². The number of ether oxygens (including phenoxy) is 1. The van der Waals surface area contributed by atoms with Gasteiger partial charge in [0, 0.05) is 17.7 Å². The fourth-order valence-electron chi connectivity index (χ4n) is 1.70. The van der Waals surface area contributed by atoms with Crippen LogP contribution in [-0.4, -0.2) is 26.2 Å². The number of benzene rings is 1. The second-order valence-electron chi connectivity index (χ2n) is 3.92. The second kappa shape index (κ2) is 8.40. The van der Waals surface area contributed by atoms with Crippen molar-refractivity contribution in [3.8, 4) is 0 Å². The van der Waals surface area contributed by atoms with E-state index in [1.54, 1.807) is 0 Å². The molecule has 0 saturated heterocycles. The summed E-state index contributed by atoms with van der Waals surface area (Å²) in [6, 6.07) is 7.61. The van der Waals surface area contributed by atoms with Crippen LogP contribution in [0.1, 0.15) is 24.9 Å². The number of rotatable bonds is 8. The standard InChI is InChI=1S/C13H18ClF2NO/c1-2-17-12(7-8-18-9-13(15)16)10-3-5-11(14)6-4-10/h3-6,12-13,17H,2,7-9H2,1H3. The Morgan fingerprint density at radius 2 is 1.94 bits per heavy atom. The van der Waals surface area contributed by atoms with Gasteiger partial charge in [-0.2, -0.15) is 0 Å². The molecule has 1 aromatic rings. The fraction of sp³-hybridized carbons (Fsp3) is 0.538. The van der Waals surface area contributed by atoms with Crippen LogP contribution in [-0.2, 0) is 4.74 Å². The molecule has 0 aliphatic heterocycles. The molecule has 18 heavy (non-hydrogen) atoms. The van der Waals surface area contributed by atoms with Crippen molar-refractivity contribution in [2.24, 2.45) is 0 Å². The van der Waals surface area contributed by atoms with Crippen molar-refractivity contribution in [1.29, 1.82) is 0 Å². The summed E-state index contributed by atoms with van der Waals surface area (Å²) < 4.78 is 28.7. The Bertz CT molecular complexity index is 332. The van der Waals surface area contributed by atoms with Crippen LogP contribution >= 0.6 is 11.6 Å². The monoisotopic (exact) mass is 277 g/mol. The highest BCUT2D eigenvalue weighted by atomic mass is 35.5. The van der Waals surface area contributed by atoms with Crippen molar-refractivity contribution in [2.45, 2.75) is 25.8 Å². The minimum absolute atomic E-state index is 0.102. The number of alkyl halides is 2. The molecule has 0 bridgehead atoms. The van der Waals surface area contributed by atoms with E-state index in [2.05, 4.69) is 5.32 Å². The molecule has 1 unspecified atom stereocenters. The van der Waals surface area contributed by atoms with Crippen LogP contribution in [0.2, 0.25) is 5.02 Å². The van der Waals surface area contributed by atoms with Gasteiger partial charge in [-0.3, -0.25) is 0 Å². The molecule has 1 atom stereocenters. The maximum atomic E-state index is 11.9. The van der Waals surface area contributed by atoms with Crippen molar-refractivity contribution in [1.82, 2.24) is 5.32 Å². The maximum absolute atomic E-state index is 11.9.